The van der Waals surface area contributed by atoms with Crippen LogP contribution >= 0.6 is 7.82 Å². The van der Waals surface area contributed by atoms with Gasteiger partial charge in [-0.3, -0.25) is 18.6 Å². The summed E-state index contributed by atoms with van der Waals surface area (Å²) in [5, 5.41) is 3.03. The third-order valence-corrected chi connectivity index (χ3v) is 14.3. The SMILES string of the molecule is CC/C=C\C/C=C\C/C=C\C/C=C\C/C=C\C/C=C\CCCCCCC(=O)OC(/C=C/CCCCCCCCCCCCC)C(COP(=O)(O)OCC[N+](C)(C)C)NC(=O)CCCCC/C=C\C/C=C\C/C=C\C/C=C\C/C=C\CC. The second-order valence-electron chi connectivity index (χ2n) is 22.2. The molecule has 10 heteroatoms. The van der Waals surface area contributed by atoms with Crippen LogP contribution in [0.15, 0.2) is 146 Å². The van der Waals surface area contributed by atoms with Gasteiger partial charge in [0.05, 0.1) is 33.8 Å². The van der Waals surface area contributed by atoms with Crippen molar-refractivity contribution in [2.45, 2.75) is 251 Å². The van der Waals surface area contributed by atoms with Crippen molar-refractivity contribution >= 4 is 19.7 Å². The van der Waals surface area contributed by atoms with Gasteiger partial charge in [-0.15, -0.1) is 0 Å². The minimum atomic E-state index is -4.48. The summed E-state index contributed by atoms with van der Waals surface area (Å²) in [5.74, 6) is -0.583. The highest BCUT2D eigenvalue weighted by Gasteiger charge is 2.30. The largest absolute Gasteiger partial charge is 0.472 e. The van der Waals surface area contributed by atoms with Crippen LogP contribution in [0, 0.1) is 0 Å². The van der Waals surface area contributed by atoms with E-state index in [1.54, 1.807) is 0 Å². The average molecular weight is 1140 g/mol. The Morgan fingerprint density at radius 3 is 1.20 bits per heavy atom. The maximum absolute atomic E-state index is 13.6. The molecule has 460 valence electrons. The molecule has 9 nitrogen and oxygen atoms in total. The average Bonchev–Trinajstić information content (AvgIpc) is 3.44. The molecule has 0 saturated carbocycles. The summed E-state index contributed by atoms with van der Waals surface area (Å²) in [6.07, 6.45) is 85.6. The van der Waals surface area contributed by atoms with E-state index in [0.29, 0.717) is 23.9 Å². The van der Waals surface area contributed by atoms with E-state index in [9.17, 15) is 19.0 Å². The molecular weight excluding hydrogens is 1020 g/mol. The maximum Gasteiger partial charge on any atom is 0.472 e. The lowest BCUT2D eigenvalue weighted by molar-refractivity contribution is -0.870. The normalized spacial score (nSPS) is 14.6. The van der Waals surface area contributed by atoms with Crippen molar-refractivity contribution in [1.82, 2.24) is 5.32 Å². The summed E-state index contributed by atoms with van der Waals surface area (Å²) in [4.78, 5) is 37.8. The summed E-state index contributed by atoms with van der Waals surface area (Å²) < 4.78 is 30.7. The van der Waals surface area contributed by atoms with Crippen molar-refractivity contribution < 1.29 is 37.3 Å². The number of nitrogens with one attached hydrogen (secondary N) is 1. The molecular formula is C71H120N2O7P+. The molecule has 0 heterocycles. The molecule has 2 N–H and O–H groups in total. The third-order valence-electron chi connectivity index (χ3n) is 13.3. The molecule has 3 atom stereocenters. The standard InChI is InChI=1S/C71H119N2O7P/c1-7-10-13-16-19-22-25-28-30-32-34-35-36-37-39-41-43-46-49-52-55-58-61-64-71(75)80-69(62-59-56-53-50-47-44-27-24-21-18-15-12-9-3)68(67-79-81(76,77)78-66-65-73(4,5)6)72-70(74)63-60-57-54-51-48-45-42-40-38-33-31-29-26-23-20-17-14-11-8-2/h10-11,13-14,19-20,22-23,28-31,34-35,37-40,43,45-46,48,59,62,68-69H,7-9,12,15-18,21,24-27,32-33,36,41-42,44,47,49-58,60-61,63-67H2,1-6H3,(H-,72,74,76,77)/p+1/b13-10-,14-11-,22-19-,23-20-,30-28-,31-29-,35-34-,39-37-,40-38-,46-43-,48-45-,62-59+. The first-order valence-corrected chi connectivity index (χ1v) is 33.7. The van der Waals surface area contributed by atoms with Gasteiger partial charge in [-0.05, 0) is 128 Å². The quantitative estimate of drug-likeness (QED) is 0.0205. The molecule has 0 radical (unpaired) electrons. The summed E-state index contributed by atoms with van der Waals surface area (Å²) in [7, 11) is 1.43. The molecule has 3 unspecified atom stereocenters. The Morgan fingerprint density at radius 2 is 0.790 bits per heavy atom. The Labute approximate surface area is 498 Å². The number of phosphoric ester groups is 1. The van der Waals surface area contributed by atoms with Crippen LogP contribution in [0.4, 0.5) is 0 Å². The van der Waals surface area contributed by atoms with Crippen LogP contribution in [0.2, 0.25) is 0 Å². The Balaban J connectivity index is 5.38. The third kappa shape index (κ3) is 60.3. The predicted octanol–water partition coefficient (Wildman–Crippen LogP) is 20.2. The van der Waals surface area contributed by atoms with E-state index in [0.717, 1.165) is 135 Å². The molecule has 81 heavy (non-hydrogen) atoms. The second kappa shape index (κ2) is 59.1. The molecule has 0 aromatic carbocycles. The van der Waals surface area contributed by atoms with Crippen LogP contribution in [-0.2, 0) is 27.9 Å². The zero-order chi connectivity index (χ0) is 59.3. The lowest BCUT2D eigenvalue weighted by atomic mass is 10.0. The van der Waals surface area contributed by atoms with Gasteiger partial charge < -0.3 is 19.4 Å². The molecule has 0 rings (SSSR count). The number of hydrogen-bond donors (Lipinski definition) is 2. The molecule has 1 amide bonds. The van der Waals surface area contributed by atoms with Crippen molar-refractivity contribution in [3.63, 3.8) is 0 Å². The summed E-state index contributed by atoms with van der Waals surface area (Å²) >= 11 is 0. The molecule has 0 saturated heterocycles. The van der Waals surface area contributed by atoms with E-state index >= 15 is 0 Å². The van der Waals surface area contributed by atoms with Gasteiger partial charge >= 0.3 is 13.8 Å². The minimum Gasteiger partial charge on any atom is -0.456 e. The van der Waals surface area contributed by atoms with E-state index in [-0.39, 0.29) is 37.9 Å². The Morgan fingerprint density at radius 1 is 0.444 bits per heavy atom. The molecule has 0 bridgehead atoms. The molecule has 0 aromatic heterocycles. The first kappa shape index (κ1) is 76.9. The molecule has 0 aliphatic carbocycles. The lowest BCUT2D eigenvalue weighted by Crippen LogP contribution is -2.47. The van der Waals surface area contributed by atoms with E-state index < -0.39 is 20.0 Å². The second-order valence-corrected chi connectivity index (χ2v) is 23.6. The van der Waals surface area contributed by atoms with Gasteiger partial charge in [-0.1, -0.05) is 244 Å². The molecule has 0 aromatic rings. The zero-order valence-electron chi connectivity index (χ0n) is 52.5. The van der Waals surface area contributed by atoms with Crippen molar-refractivity contribution in [1.29, 1.82) is 0 Å². The monoisotopic (exact) mass is 1140 g/mol. The number of unbranched alkanes of at least 4 members (excludes halogenated alkanes) is 18. The number of ether oxygens (including phenoxy) is 1. The Hall–Kier alpha value is -4.11. The number of quaternary nitrogens is 1. The van der Waals surface area contributed by atoms with Crippen molar-refractivity contribution in [2.75, 3.05) is 40.9 Å². The van der Waals surface area contributed by atoms with Gasteiger partial charge in [0, 0.05) is 12.8 Å². The molecule has 0 spiro atoms. The van der Waals surface area contributed by atoms with Gasteiger partial charge in [-0.2, -0.15) is 0 Å². The predicted molar refractivity (Wildman–Crippen MR) is 350 cm³/mol. The van der Waals surface area contributed by atoms with Crippen LogP contribution in [0.3, 0.4) is 0 Å². The number of esters is 1. The lowest BCUT2D eigenvalue weighted by Gasteiger charge is -2.27. The van der Waals surface area contributed by atoms with E-state index in [1.165, 1.54) is 57.8 Å². The number of nitrogens with zero attached hydrogens (tertiary/aromatic N) is 1. The number of carbonyl (C=O) groups excluding carboxylic acids is 2. The smallest absolute Gasteiger partial charge is 0.456 e. The summed E-state index contributed by atoms with van der Waals surface area (Å²) in [6, 6.07) is -0.889. The topological polar surface area (TPSA) is 111 Å². The van der Waals surface area contributed by atoms with Gasteiger partial charge in [0.1, 0.15) is 19.3 Å². The van der Waals surface area contributed by atoms with Crippen LogP contribution in [0.5, 0.6) is 0 Å². The number of likely N-dealkylation sites (N-methyl/N-ethyl adjacent to an activating group) is 1. The molecule has 0 aliphatic heterocycles. The number of carbonyl (C=O) groups is 2. The Kier molecular flexibility index (Phi) is 56.1. The highest BCUT2D eigenvalue weighted by Crippen LogP contribution is 2.43. The van der Waals surface area contributed by atoms with Gasteiger partial charge in [0.2, 0.25) is 5.91 Å². The van der Waals surface area contributed by atoms with Crippen LogP contribution in [0.25, 0.3) is 0 Å². The summed E-state index contributed by atoms with van der Waals surface area (Å²) in [6.45, 7) is 6.72. The van der Waals surface area contributed by atoms with Gasteiger partial charge in [0.15, 0.2) is 0 Å². The fourth-order valence-electron chi connectivity index (χ4n) is 8.38. The summed E-state index contributed by atoms with van der Waals surface area (Å²) in [5.41, 5.74) is 0. The fourth-order valence-corrected chi connectivity index (χ4v) is 9.12. The van der Waals surface area contributed by atoms with Crippen LogP contribution < -0.4 is 5.32 Å². The van der Waals surface area contributed by atoms with E-state index in [1.807, 2.05) is 33.3 Å². The van der Waals surface area contributed by atoms with Crippen molar-refractivity contribution in [2.24, 2.45) is 0 Å². The zero-order valence-corrected chi connectivity index (χ0v) is 53.4. The number of hydrogen-bond acceptors (Lipinski definition) is 6. The van der Waals surface area contributed by atoms with Crippen LogP contribution in [0.1, 0.15) is 239 Å². The number of amides is 1. The molecule has 0 fully saturated rings. The Bertz CT molecular complexity index is 1890. The van der Waals surface area contributed by atoms with E-state index in [4.69, 9.17) is 13.8 Å². The van der Waals surface area contributed by atoms with Crippen molar-refractivity contribution in [3.05, 3.63) is 146 Å². The van der Waals surface area contributed by atoms with Gasteiger partial charge in [-0.25, -0.2) is 4.57 Å². The van der Waals surface area contributed by atoms with Crippen molar-refractivity contribution in [3.8, 4) is 0 Å². The maximum atomic E-state index is 13.6. The molecule has 0 aliphatic rings. The highest BCUT2D eigenvalue weighted by atomic mass is 31.2. The number of allylic oxidation sites excluding steroid dienone is 23. The minimum absolute atomic E-state index is 0.0204. The van der Waals surface area contributed by atoms with Gasteiger partial charge in [0.25, 0.3) is 0 Å². The fraction of sp³-hybridized carbons (Fsp3) is 0.634. The van der Waals surface area contributed by atoms with Crippen LogP contribution in [-0.4, -0.2) is 74.3 Å². The number of phosphoric acid groups is 1. The first-order chi connectivity index (χ1) is 39.4. The highest BCUT2D eigenvalue weighted by molar-refractivity contribution is 7.47. The number of rotatable bonds is 56. The van der Waals surface area contributed by atoms with E-state index in [2.05, 4.69) is 160 Å². The first-order valence-electron chi connectivity index (χ1n) is 32.2.